The van der Waals surface area contributed by atoms with Gasteiger partial charge in [-0.1, -0.05) is 0 Å². The summed E-state index contributed by atoms with van der Waals surface area (Å²) < 4.78 is 0. The van der Waals surface area contributed by atoms with Crippen LogP contribution in [0.4, 0.5) is 0 Å². The van der Waals surface area contributed by atoms with Gasteiger partial charge in [-0.25, -0.2) is 0 Å². The summed E-state index contributed by atoms with van der Waals surface area (Å²) in [6.45, 7) is 11.5. The van der Waals surface area contributed by atoms with Crippen LogP contribution < -0.4 is 5.32 Å². The van der Waals surface area contributed by atoms with Gasteiger partial charge in [0.15, 0.2) is 0 Å². The Balaban J connectivity index is 1.38. The monoisotopic (exact) mass is 252 g/mol. The van der Waals surface area contributed by atoms with Crippen molar-refractivity contribution in [1.29, 1.82) is 0 Å². The minimum Gasteiger partial charge on any atom is -0.314 e. The Morgan fingerprint density at radius 2 is 1.67 bits per heavy atom. The molecule has 4 heteroatoms. The molecule has 0 aromatic heterocycles. The zero-order valence-corrected chi connectivity index (χ0v) is 11.8. The fraction of sp³-hybridized carbons (Fsp3) is 1.00. The summed E-state index contributed by atoms with van der Waals surface area (Å²) in [5.41, 5.74) is 0. The van der Waals surface area contributed by atoms with Gasteiger partial charge in [-0.05, 0) is 38.9 Å². The van der Waals surface area contributed by atoms with E-state index in [4.69, 9.17) is 0 Å². The smallest absolute Gasteiger partial charge is 0.0121 e. The van der Waals surface area contributed by atoms with Crippen LogP contribution in [0.15, 0.2) is 0 Å². The molecule has 18 heavy (non-hydrogen) atoms. The summed E-state index contributed by atoms with van der Waals surface area (Å²) in [7, 11) is 2.23. The maximum Gasteiger partial charge on any atom is 0.0121 e. The maximum absolute atomic E-state index is 3.45. The Bertz CT molecular complexity index is 251. The fourth-order valence-corrected chi connectivity index (χ4v) is 3.82. The van der Waals surface area contributed by atoms with Gasteiger partial charge in [0.25, 0.3) is 0 Å². The second-order valence-corrected chi connectivity index (χ2v) is 6.40. The van der Waals surface area contributed by atoms with Crippen LogP contribution in [0.1, 0.15) is 12.8 Å². The van der Waals surface area contributed by atoms with Gasteiger partial charge in [0.2, 0.25) is 0 Å². The first-order chi connectivity index (χ1) is 8.81. The molecule has 0 aliphatic carbocycles. The van der Waals surface area contributed by atoms with Gasteiger partial charge < -0.3 is 15.1 Å². The summed E-state index contributed by atoms with van der Waals surface area (Å²) in [5, 5.41) is 3.45. The van der Waals surface area contributed by atoms with E-state index in [1.165, 1.54) is 71.7 Å². The Hall–Kier alpha value is -0.160. The quantitative estimate of drug-likeness (QED) is 0.758. The molecule has 4 nitrogen and oxygen atoms in total. The molecule has 0 amide bonds. The van der Waals surface area contributed by atoms with E-state index in [0.29, 0.717) is 0 Å². The van der Waals surface area contributed by atoms with Gasteiger partial charge in [-0.3, -0.25) is 4.90 Å². The first-order valence-electron chi connectivity index (χ1n) is 7.67. The molecule has 104 valence electrons. The third-order valence-corrected chi connectivity index (χ3v) is 4.88. The van der Waals surface area contributed by atoms with Gasteiger partial charge in [-0.2, -0.15) is 0 Å². The van der Waals surface area contributed by atoms with E-state index in [0.717, 1.165) is 12.0 Å². The molecule has 3 aliphatic rings. The second kappa shape index (κ2) is 5.87. The number of nitrogens with zero attached hydrogens (tertiary/aromatic N) is 3. The molecular formula is C14H28N4. The molecule has 0 aromatic carbocycles. The van der Waals surface area contributed by atoms with Crippen molar-refractivity contribution in [2.24, 2.45) is 5.92 Å². The Labute approximate surface area is 111 Å². The number of rotatable bonds is 3. The molecule has 0 atom stereocenters. The highest BCUT2D eigenvalue weighted by Crippen LogP contribution is 2.20. The highest BCUT2D eigenvalue weighted by atomic mass is 15.2. The molecule has 0 spiro atoms. The number of piperidine rings is 1. The van der Waals surface area contributed by atoms with E-state index in [1.54, 1.807) is 0 Å². The average Bonchev–Trinajstić information content (AvgIpc) is 2.39. The largest absolute Gasteiger partial charge is 0.314 e. The first kappa shape index (κ1) is 12.9. The van der Waals surface area contributed by atoms with Gasteiger partial charge >= 0.3 is 0 Å². The van der Waals surface area contributed by atoms with Crippen molar-refractivity contribution in [3.8, 4) is 0 Å². The summed E-state index contributed by atoms with van der Waals surface area (Å²) in [6.07, 6.45) is 2.78. The van der Waals surface area contributed by atoms with Crippen molar-refractivity contribution >= 4 is 0 Å². The SMILES string of the molecule is CN1CC(CN2CCC(N3CCNCC3)CC2)C1. The standard InChI is InChI=1S/C14H28N4/c1-16-10-13(11-16)12-17-6-2-14(3-7-17)18-8-4-15-5-9-18/h13-15H,2-12H2,1H3. The molecular weight excluding hydrogens is 224 g/mol. The summed E-state index contributed by atoms with van der Waals surface area (Å²) >= 11 is 0. The summed E-state index contributed by atoms with van der Waals surface area (Å²) in [6, 6.07) is 0.868. The van der Waals surface area contributed by atoms with E-state index in [1.807, 2.05) is 0 Å². The fourth-order valence-electron chi connectivity index (χ4n) is 3.82. The lowest BCUT2D eigenvalue weighted by Gasteiger charge is -2.43. The third-order valence-electron chi connectivity index (χ3n) is 4.88. The molecule has 0 aromatic rings. The van der Waals surface area contributed by atoms with Crippen LogP contribution in [0.2, 0.25) is 0 Å². The van der Waals surface area contributed by atoms with Crippen molar-refractivity contribution in [1.82, 2.24) is 20.0 Å². The van der Waals surface area contributed by atoms with Gasteiger partial charge in [0, 0.05) is 51.9 Å². The Morgan fingerprint density at radius 3 is 2.28 bits per heavy atom. The van der Waals surface area contributed by atoms with Crippen LogP contribution in [-0.4, -0.2) is 86.7 Å². The van der Waals surface area contributed by atoms with Crippen molar-refractivity contribution < 1.29 is 0 Å². The normalized spacial score (nSPS) is 30.5. The Morgan fingerprint density at radius 1 is 1.00 bits per heavy atom. The van der Waals surface area contributed by atoms with E-state index in [9.17, 15) is 0 Å². The molecule has 0 bridgehead atoms. The van der Waals surface area contributed by atoms with Crippen molar-refractivity contribution in [3.05, 3.63) is 0 Å². The van der Waals surface area contributed by atoms with Gasteiger partial charge in [0.1, 0.15) is 0 Å². The minimum atomic E-state index is 0.868. The van der Waals surface area contributed by atoms with E-state index in [-0.39, 0.29) is 0 Å². The number of piperazine rings is 1. The van der Waals surface area contributed by atoms with Crippen molar-refractivity contribution in [2.75, 3.05) is 66.0 Å². The van der Waals surface area contributed by atoms with Crippen LogP contribution in [0.25, 0.3) is 0 Å². The van der Waals surface area contributed by atoms with Crippen LogP contribution in [-0.2, 0) is 0 Å². The minimum absolute atomic E-state index is 0.868. The molecule has 3 rings (SSSR count). The lowest BCUT2D eigenvalue weighted by Crippen LogP contribution is -2.54. The predicted molar refractivity (Wildman–Crippen MR) is 74.9 cm³/mol. The number of likely N-dealkylation sites (tertiary alicyclic amines) is 2. The van der Waals surface area contributed by atoms with Crippen molar-refractivity contribution in [2.45, 2.75) is 18.9 Å². The molecule has 0 saturated carbocycles. The lowest BCUT2D eigenvalue weighted by atomic mass is 9.97. The van der Waals surface area contributed by atoms with E-state index >= 15 is 0 Å². The van der Waals surface area contributed by atoms with E-state index < -0.39 is 0 Å². The highest BCUT2D eigenvalue weighted by molar-refractivity contribution is 4.85. The van der Waals surface area contributed by atoms with Crippen LogP contribution in [0.3, 0.4) is 0 Å². The van der Waals surface area contributed by atoms with Crippen LogP contribution in [0.5, 0.6) is 0 Å². The summed E-state index contributed by atoms with van der Waals surface area (Å²) in [4.78, 5) is 7.85. The molecule has 3 saturated heterocycles. The lowest BCUT2D eigenvalue weighted by molar-refractivity contribution is 0.0551. The topological polar surface area (TPSA) is 21.8 Å². The Kier molecular flexibility index (Phi) is 4.19. The van der Waals surface area contributed by atoms with Gasteiger partial charge in [0.05, 0.1) is 0 Å². The molecule has 0 radical (unpaired) electrons. The van der Waals surface area contributed by atoms with Gasteiger partial charge in [-0.15, -0.1) is 0 Å². The maximum atomic E-state index is 3.45. The first-order valence-corrected chi connectivity index (χ1v) is 7.67. The third kappa shape index (κ3) is 3.05. The number of nitrogens with one attached hydrogen (secondary N) is 1. The average molecular weight is 252 g/mol. The molecule has 0 unspecified atom stereocenters. The molecule has 3 heterocycles. The molecule has 3 fully saturated rings. The molecule has 1 N–H and O–H groups in total. The number of hydrogen-bond donors (Lipinski definition) is 1. The van der Waals surface area contributed by atoms with Crippen molar-refractivity contribution in [3.63, 3.8) is 0 Å². The van der Waals surface area contributed by atoms with Crippen LogP contribution >= 0.6 is 0 Å². The predicted octanol–water partition coefficient (Wildman–Crippen LogP) is -0.0824. The second-order valence-electron chi connectivity index (χ2n) is 6.40. The molecule has 3 aliphatic heterocycles. The summed E-state index contributed by atoms with van der Waals surface area (Å²) in [5.74, 6) is 0.950. The van der Waals surface area contributed by atoms with E-state index in [2.05, 4.69) is 27.1 Å². The zero-order chi connectivity index (χ0) is 12.4. The number of hydrogen-bond acceptors (Lipinski definition) is 4. The highest BCUT2D eigenvalue weighted by Gasteiger charge is 2.29. The zero-order valence-electron chi connectivity index (χ0n) is 11.8. The van der Waals surface area contributed by atoms with Crippen LogP contribution in [0, 0.1) is 5.92 Å².